The molecule has 1 aromatic rings. The Bertz CT molecular complexity index is 698. The van der Waals surface area contributed by atoms with Gasteiger partial charge in [0.2, 0.25) is 0 Å². The van der Waals surface area contributed by atoms with Crippen LogP contribution in [0.5, 0.6) is 0 Å². The third-order valence-corrected chi connectivity index (χ3v) is 6.61. The first-order chi connectivity index (χ1) is 13.4. The zero-order valence-corrected chi connectivity index (χ0v) is 21.0. The maximum absolute atomic E-state index is 12.9. The summed E-state index contributed by atoms with van der Waals surface area (Å²) in [5.74, 6) is -0.0935. The van der Waals surface area contributed by atoms with Gasteiger partial charge < -0.3 is 14.5 Å². The molecule has 2 fully saturated rings. The topological polar surface area (TPSA) is 55.4 Å². The van der Waals surface area contributed by atoms with Gasteiger partial charge in [0.1, 0.15) is 12.0 Å². The van der Waals surface area contributed by atoms with E-state index in [1.807, 2.05) is 32.0 Å². The van der Waals surface area contributed by atoms with Crippen LogP contribution in [0.25, 0.3) is 0 Å². The van der Waals surface area contributed by atoms with E-state index in [9.17, 15) is 9.59 Å². The first kappa shape index (κ1) is 24.5. The number of amides is 1. The number of nitrogens with one attached hydrogen (secondary N) is 1. The zero-order valence-electron chi connectivity index (χ0n) is 18.2. The molecule has 6 heteroatoms. The predicted octanol–water partition coefficient (Wildman–Crippen LogP) is 3.97. The molecular formula is C23H35N2O3Y+. The Morgan fingerprint density at radius 2 is 1.76 bits per heavy atom. The molecule has 1 saturated carbocycles. The van der Waals surface area contributed by atoms with Crippen molar-refractivity contribution in [1.82, 2.24) is 0 Å². The number of rotatable bonds is 6. The van der Waals surface area contributed by atoms with Gasteiger partial charge in [-0.3, -0.25) is 9.59 Å². The minimum absolute atomic E-state index is 0. The van der Waals surface area contributed by atoms with Crippen LogP contribution in [-0.4, -0.2) is 48.6 Å². The van der Waals surface area contributed by atoms with E-state index >= 15 is 0 Å². The van der Waals surface area contributed by atoms with Crippen molar-refractivity contribution >= 4 is 17.6 Å². The Hall–Kier alpha value is -0.776. The molecule has 0 spiro atoms. The summed E-state index contributed by atoms with van der Waals surface area (Å²) in [7, 11) is 0. The summed E-state index contributed by atoms with van der Waals surface area (Å²) < 4.78 is 6.44. The number of benzene rings is 1. The predicted molar refractivity (Wildman–Crippen MR) is 111 cm³/mol. The summed E-state index contributed by atoms with van der Waals surface area (Å²) in [6, 6.07) is 6.04. The summed E-state index contributed by atoms with van der Waals surface area (Å²) in [6.45, 7) is 9.08. The molecule has 1 saturated heterocycles. The second-order valence-corrected chi connectivity index (χ2v) is 8.72. The quantitative estimate of drug-likeness (QED) is 0.500. The van der Waals surface area contributed by atoms with Gasteiger partial charge in [-0.15, -0.1) is 0 Å². The summed E-state index contributed by atoms with van der Waals surface area (Å²) in [5, 5.41) is 3.12. The second-order valence-electron chi connectivity index (χ2n) is 8.72. The third kappa shape index (κ3) is 6.35. The average molecular weight is 476 g/mol. The van der Waals surface area contributed by atoms with E-state index in [1.165, 1.54) is 0 Å². The number of nitrogens with zero attached hydrogens (tertiary/aromatic N) is 1. The van der Waals surface area contributed by atoms with Gasteiger partial charge in [0.25, 0.3) is 5.91 Å². The van der Waals surface area contributed by atoms with Gasteiger partial charge in [-0.1, -0.05) is 18.2 Å². The fraction of sp³-hybridized carbons (Fsp3) is 0.652. The molecule has 0 bridgehead atoms. The Morgan fingerprint density at radius 3 is 2.38 bits per heavy atom. The second kappa shape index (κ2) is 11.0. The standard InChI is InChI=1S/C23H34N2O3.Y/c1-4-25(16-21(26)24-22-17(2)9-7-10-18(22)3)14-8-11-19(15-25)23(27)28-20-12-5-6-13-20;/h7,9-10,19-20H,4-6,8,11-16H2,1-3H3;/p+1. The van der Waals surface area contributed by atoms with Crippen molar-refractivity contribution in [3.8, 4) is 0 Å². The van der Waals surface area contributed by atoms with Gasteiger partial charge in [-0.25, -0.2) is 0 Å². The van der Waals surface area contributed by atoms with E-state index in [-0.39, 0.29) is 56.6 Å². The monoisotopic (exact) mass is 476 g/mol. The van der Waals surface area contributed by atoms with Gasteiger partial charge in [-0.05, 0) is 70.4 Å². The summed E-state index contributed by atoms with van der Waals surface area (Å²) in [6.07, 6.45) is 6.30. The molecule has 157 valence electrons. The molecule has 1 radical (unpaired) electrons. The summed E-state index contributed by atoms with van der Waals surface area (Å²) >= 11 is 0. The van der Waals surface area contributed by atoms with E-state index in [2.05, 4.69) is 12.2 Å². The van der Waals surface area contributed by atoms with E-state index in [4.69, 9.17) is 4.74 Å². The number of anilines is 1. The first-order valence-electron chi connectivity index (χ1n) is 10.8. The molecule has 1 aliphatic heterocycles. The Labute approximate surface area is 200 Å². The van der Waals surface area contributed by atoms with Crippen LogP contribution in [0.4, 0.5) is 5.69 Å². The number of para-hydroxylation sites is 1. The number of hydrogen-bond acceptors (Lipinski definition) is 3. The number of likely N-dealkylation sites (tertiary alicyclic amines) is 1. The molecule has 2 aliphatic rings. The van der Waals surface area contributed by atoms with Crippen molar-refractivity contribution in [1.29, 1.82) is 0 Å². The van der Waals surface area contributed by atoms with Crippen molar-refractivity contribution in [3.05, 3.63) is 29.3 Å². The molecule has 1 N–H and O–H groups in total. The zero-order chi connectivity index (χ0) is 20.1. The molecular weight excluding hydrogens is 441 g/mol. The average Bonchev–Trinajstić information content (AvgIpc) is 3.18. The molecule has 1 heterocycles. The van der Waals surface area contributed by atoms with E-state index < -0.39 is 0 Å². The number of hydrogen-bond donors (Lipinski definition) is 1. The van der Waals surface area contributed by atoms with Crippen LogP contribution in [0.3, 0.4) is 0 Å². The summed E-state index contributed by atoms with van der Waals surface area (Å²) in [5.41, 5.74) is 3.07. The largest absolute Gasteiger partial charge is 0.462 e. The van der Waals surface area contributed by atoms with Gasteiger partial charge in [0.05, 0.1) is 19.6 Å². The minimum Gasteiger partial charge on any atom is -0.462 e. The molecule has 3 rings (SSSR count). The maximum atomic E-state index is 12.9. The molecule has 29 heavy (non-hydrogen) atoms. The number of carbonyl (C=O) groups is 2. The van der Waals surface area contributed by atoms with Crippen LogP contribution < -0.4 is 5.32 Å². The van der Waals surface area contributed by atoms with Crippen LogP contribution in [0.15, 0.2) is 18.2 Å². The van der Waals surface area contributed by atoms with Gasteiger partial charge in [-0.2, -0.15) is 0 Å². The molecule has 1 aromatic carbocycles. The number of quaternary nitrogens is 1. The number of esters is 1. The van der Waals surface area contributed by atoms with Gasteiger partial charge in [0.15, 0.2) is 6.54 Å². The van der Waals surface area contributed by atoms with E-state index in [1.54, 1.807) is 0 Å². The van der Waals surface area contributed by atoms with E-state index in [0.717, 1.165) is 68.4 Å². The maximum Gasteiger partial charge on any atom is 0.314 e. The molecule has 2 unspecified atom stereocenters. The summed E-state index contributed by atoms with van der Waals surface area (Å²) in [4.78, 5) is 25.6. The molecule has 1 amide bonds. The van der Waals surface area contributed by atoms with Gasteiger partial charge >= 0.3 is 5.97 Å². The van der Waals surface area contributed by atoms with Crippen LogP contribution in [0, 0.1) is 19.8 Å². The van der Waals surface area contributed by atoms with Crippen molar-refractivity contribution < 1.29 is 51.5 Å². The number of aryl methyl sites for hydroxylation is 2. The number of carbonyl (C=O) groups excluding carboxylic acids is 2. The van der Waals surface area contributed by atoms with Gasteiger partial charge in [0, 0.05) is 38.4 Å². The molecule has 2 atom stereocenters. The fourth-order valence-corrected chi connectivity index (χ4v) is 4.82. The van der Waals surface area contributed by atoms with Crippen LogP contribution in [0.1, 0.15) is 56.6 Å². The number of piperidine rings is 1. The smallest absolute Gasteiger partial charge is 0.314 e. The third-order valence-electron chi connectivity index (χ3n) is 6.61. The Morgan fingerprint density at radius 1 is 1.10 bits per heavy atom. The first-order valence-corrected chi connectivity index (χ1v) is 10.8. The normalized spacial score (nSPS) is 24.6. The molecule has 0 aromatic heterocycles. The minimum atomic E-state index is -0.0812. The number of likely N-dealkylation sites (N-methyl/N-ethyl adjacent to an activating group) is 1. The Balaban J connectivity index is 0.00000300. The Kier molecular flexibility index (Phi) is 9.30. The van der Waals surface area contributed by atoms with Crippen LogP contribution >= 0.6 is 0 Å². The molecule has 1 aliphatic carbocycles. The van der Waals surface area contributed by atoms with Crippen LogP contribution in [0.2, 0.25) is 0 Å². The SMILES string of the molecule is CC[N+]1(CC(=O)Nc2c(C)cccc2C)CCCC(C(=O)OC2CCCC2)C1.[Y]. The van der Waals surface area contributed by atoms with Crippen LogP contribution in [-0.2, 0) is 47.0 Å². The number of ether oxygens (including phenoxy) is 1. The van der Waals surface area contributed by atoms with Crippen molar-refractivity contribution in [3.63, 3.8) is 0 Å². The van der Waals surface area contributed by atoms with E-state index in [0.29, 0.717) is 17.6 Å². The fourth-order valence-electron chi connectivity index (χ4n) is 4.82. The van der Waals surface area contributed by atoms with Crippen molar-refractivity contribution in [2.24, 2.45) is 5.92 Å². The van der Waals surface area contributed by atoms with Crippen molar-refractivity contribution in [2.75, 3.05) is 31.5 Å². The van der Waals surface area contributed by atoms with Crippen molar-refractivity contribution in [2.45, 2.75) is 65.4 Å². The molecule has 5 nitrogen and oxygen atoms in total.